The third kappa shape index (κ3) is 57.8. The number of hydrogen-bond donors (Lipinski definition) is 1. The molecule has 0 aromatic heterocycles. The maximum absolute atomic E-state index is 12.3. The Hall–Kier alpha value is -4.74. The molecule has 0 saturated carbocycles. The average molecular weight is 990 g/mol. The minimum atomic E-state index is -0.815. The average Bonchev–Trinajstić information content (AvgIpc) is 3.38. The largest absolute Gasteiger partial charge is 0.462 e. The van der Waals surface area contributed by atoms with Crippen molar-refractivity contribution < 1.29 is 24.2 Å². The van der Waals surface area contributed by atoms with Crippen molar-refractivity contribution in [3.05, 3.63) is 170 Å². The van der Waals surface area contributed by atoms with Gasteiger partial charge in [-0.25, -0.2) is 0 Å². The van der Waals surface area contributed by atoms with Crippen LogP contribution in [0.25, 0.3) is 0 Å². The summed E-state index contributed by atoms with van der Waals surface area (Å²) in [6, 6.07) is 0. The van der Waals surface area contributed by atoms with Gasteiger partial charge in [-0.15, -0.1) is 0 Å². The molecule has 0 saturated heterocycles. The molecule has 0 bridgehead atoms. The van der Waals surface area contributed by atoms with Crippen LogP contribution in [0.15, 0.2) is 170 Å². The highest BCUT2D eigenvalue weighted by atomic mass is 16.6. The van der Waals surface area contributed by atoms with Gasteiger partial charge in [0.2, 0.25) is 0 Å². The fourth-order valence-electron chi connectivity index (χ4n) is 7.30. The number of ether oxygens (including phenoxy) is 2. The minimum Gasteiger partial charge on any atom is -0.462 e. The van der Waals surface area contributed by atoms with Crippen molar-refractivity contribution >= 4 is 11.9 Å². The summed E-state index contributed by atoms with van der Waals surface area (Å²) in [5, 5.41) is 9.64. The summed E-state index contributed by atoms with van der Waals surface area (Å²) in [7, 11) is 0. The molecule has 0 spiro atoms. The van der Waals surface area contributed by atoms with Crippen LogP contribution in [0.1, 0.15) is 219 Å². The van der Waals surface area contributed by atoms with Crippen molar-refractivity contribution in [2.45, 2.75) is 225 Å². The Morgan fingerprint density at radius 2 is 0.583 bits per heavy atom. The van der Waals surface area contributed by atoms with Crippen LogP contribution in [-0.2, 0) is 19.1 Å². The van der Waals surface area contributed by atoms with Crippen molar-refractivity contribution in [3.8, 4) is 0 Å². The van der Waals surface area contributed by atoms with Gasteiger partial charge in [0.15, 0.2) is 6.10 Å². The predicted molar refractivity (Wildman–Crippen MR) is 315 cm³/mol. The Kier molecular flexibility index (Phi) is 56.6. The molecule has 0 aliphatic rings. The summed E-state index contributed by atoms with van der Waals surface area (Å²) in [5.41, 5.74) is 0. The smallest absolute Gasteiger partial charge is 0.306 e. The van der Waals surface area contributed by atoms with Crippen LogP contribution in [0.3, 0.4) is 0 Å². The van der Waals surface area contributed by atoms with Crippen molar-refractivity contribution in [2.24, 2.45) is 0 Å². The molecule has 5 heteroatoms. The van der Waals surface area contributed by atoms with Gasteiger partial charge in [-0.1, -0.05) is 261 Å². The highest BCUT2D eigenvalue weighted by Crippen LogP contribution is 2.15. The summed E-state index contributed by atoms with van der Waals surface area (Å²) in [5.74, 6) is -0.699. The molecule has 0 radical (unpaired) electrons. The zero-order valence-electron chi connectivity index (χ0n) is 45.9. The summed E-state index contributed by atoms with van der Waals surface area (Å²) >= 11 is 0. The highest BCUT2D eigenvalue weighted by Gasteiger charge is 2.16. The van der Waals surface area contributed by atoms with Crippen LogP contribution in [0.2, 0.25) is 0 Å². The number of esters is 2. The molecule has 402 valence electrons. The van der Waals surface area contributed by atoms with Crippen LogP contribution < -0.4 is 0 Å². The second-order valence-corrected chi connectivity index (χ2v) is 18.2. The van der Waals surface area contributed by atoms with Gasteiger partial charge in [-0.05, 0) is 116 Å². The molecule has 5 nitrogen and oxygen atoms in total. The maximum atomic E-state index is 12.3. The second kappa shape index (κ2) is 60.6. The van der Waals surface area contributed by atoms with E-state index in [4.69, 9.17) is 9.47 Å². The van der Waals surface area contributed by atoms with E-state index in [9.17, 15) is 14.7 Å². The van der Waals surface area contributed by atoms with E-state index in [1.54, 1.807) is 0 Å². The predicted octanol–water partition coefficient (Wildman–Crippen LogP) is 19.7. The molecule has 72 heavy (non-hydrogen) atoms. The van der Waals surface area contributed by atoms with Gasteiger partial charge in [-0.2, -0.15) is 0 Å². The monoisotopic (exact) mass is 989 g/mol. The third-order valence-electron chi connectivity index (χ3n) is 11.5. The molecular formula is C67H104O5. The third-order valence-corrected chi connectivity index (χ3v) is 11.5. The Balaban J connectivity index is 3.60. The summed E-state index contributed by atoms with van der Waals surface area (Å²) in [4.78, 5) is 24.5. The second-order valence-electron chi connectivity index (χ2n) is 18.2. The summed E-state index contributed by atoms with van der Waals surface area (Å²) < 4.78 is 10.6. The zero-order chi connectivity index (χ0) is 52.0. The lowest BCUT2D eigenvalue weighted by Crippen LogP contribution is -2.28. The van der Waals surface area contributed by atoms with Gasteiger partial charge in [0.25, 0.3) is 0 Å². The highest BCUT2D eigenvalue weighted by molar-refractivity contribution is 5.70. The number of rotatable bonds is 50. The standard InChI is InChI=1S/C67H104O5/c1-3-5-7-9-11-13-15-17-19-21-23-24-25-26-27-28-29-30-31-32-33-34-35-36-37-38-39-40-41-42-44-46-48-50-52-54-56-58-60-62-67(70)72-65(63-68)64-71-66(69)61-59-57-55-53-51-49-47-45-43-22-20-18-16-14-12-10-8-6-4-2/h5-8,11-14,17-20,23-24,26-27,29-30,32-33,35-36,43,45,49,51,55,57,65,68H,3-4,9-10,15-16,21-22,25,28,31,34,37-42,44,46-48,50,52-54,56,58-64H2,1-2H3/b7-5-,8-6-,13-11-,14-12-,19-17-,20-18-,24-23-,27-26-,30-29-,33-32-,36-35-,45-43-,51-49-,57-55-. The lowest BCUT2D eigenvalue weighted by molar-refractivity contribution is -0.161. The minimum absolute atomic E-state index is 0.116. The van der Waals surface area contributed by atoms with Crippen molar-refractivity contribution in [3.63, 3.8) is 0 Å². The molecule has 0 amide bonds. The molecule has 0 fully saturated rings. The van der Waals surface area contributed by atoms with Gasteiger partial charge in [-0.3, -0.25) is 9.59 Å². The number of aliphatic hydroxyl groups excluding tert-OH is 1. The topological polar surface area (TPSA) is 72.8 Å². The first-order valence-corrected chi connectivity index (χ1v) is 28.7. The molecule has 0 aromatic rings. The van der Waals surface area contributed by atoms with E-state index in [1.807, 2.05) is 12.2 Å². The lowest BCUT2D eigenvalue weighted by atomic mass is 10.0. The number of hydrogen-bond acceptors (Lipinski definition) is 5. The van der Waals surface area contributed by atoms with E-state index in [0.29, 0.717) is 12.8 Å². The number of allylic oxidation sites excluding steroid dienone is 28. The number of unbranched alkanes of at least 4 members (excludes halogenated alkanes) is 14. The van der Waals surface area contributed by atoms with Gasteiger partial charge < -0.3 is 14.6 Å². The van der Waals surface area contributed by atoms with Crippen LogP contribution in [0.5, 0.6) is 0 Å². The van der Waals surface area contributed by atoms with Gasteiger partial charge in [0, 0.05) is 12.8 Å². The van der Waals surface area contributed by atoms with E-state index in [-0.39, 0.29) is 31.6 Å². The molecular weight excluding hydrogens is 885 g/mol. The molecule has 0 rings (SSSR count). The van der Waals surface area contributed by atoms with E-state index in [1.165, 1.54) is 77.0 Å². The van der Waals surface area contributed by atoms with Gasteiger partial charge >= 0.3 is 11.9 Å². The Morgan fingerprint density at radius 1 is 0.319 bits per heavy atom. The quantitative estimate of drug-likeness (QED) is 0.0373. The number of carbonyl (C=O) groups excluding carboxylic acids is 2. The Labute approximate surface area is 443 Å². The molecule has 1 atom stereocenters. The first kappa shape index (κ1) is 67.3. The molecule has 0 aliphatic heterocycles. The molecule has 1 N–H and O–H groups in total. The first-order chi connectivity index (χ1) is 35.6. The SMILES string of the molecule is CC/C=C\C/C=C\C/C=C\C/C=C\C/C=C\C/C=C\C/C=C\C/C=C\CCCCCCCCCCCCCCCCC(=O)OC(CO)COC(=O)CC/C=C\C/C=C\C/C=C\C/C=C\C/C=C\C/C=C\CC. The van der Waals surface area contributed by atoms with E-state index < -0.39 is 6.10 Å². The van der Waals surface area contributed by atoms with Crippen LogP contribution >= 0.6 is 0 Å². The fraction of sp³-hybridized carbons (Fsp3) is 0.552. The number of carbonyl (C=O) groups is 2. The Bertz CT molecular complexity index is 1640. The summed E-state index contributed by atoms with van der Waals surface area (Å²) in [6.07, 6.45) is 94.8. The van der Waals surface area contributed by atoms with Crippen LogP contribution in [-0.4, -0.2) is 36.4 Å². The van der Waals surface area contributed by atoms with Crippen LogP contribution in [0.4, 0.5) is 0 Å². The van der Waals surface area contributed by atoms with Crippen LogP contribution in [0, 0.1) is 0 Å². The Morgan fingerprint density at radius 3 is 0.889 bits per heavy atom. The maximum Gasteiger partial charge on any atom is 0.306 e. The zero-order valence-corrected chi connectivity index (χ0v) is 45.9. The van der Waals surface area contributed by atoms with E-state index in [0.717, 1.165) is 109 Å². The summed E-state index contributed by atoms with van der Waals surface area (Å²) in [6.45, 7) is 3.83. The van der Waals surface area contributed by atoms with Crippen molar-refractivity contribution in [1.29, 1.82) is 0 Å². The van der Waals surface area contributed by atoms with Gasteiger partial charge in [0.05, 0.1) is 6.61 Å². The normalized spacial score (nSPS) is 13.5. The molecule has 0 aromatic carbocycles. The van der Waals surface area contributed by atoms with E-state index in [2.05, 4.69) is 172 Å². The molecule has 0 heterocycles. The molecule has 0 aliphatic carbocycles. The first-order valence-electron chi connectivity index (χ1n) is 28.7. The van der Waals surface area contributed by atoms with Gasteiger partial charge in [0.1, 0.15) is 6.61 Å². The lowest BCUT2D eigenvalue weighted by Gasteiger charge is -2.15. The van der Waals surface area contributed by atoms with Crippen molar-refractivity contribution in [1.82, 2.24) is 0 Å². The number of aliphatic hydroxyl groups is 1. The fourth-order valence-corrected chi connectivity index (χ4v) is 7.30. The van der Waals surface area contributed by atoms with E-state index >= 15 is 0 Å². The molecule has 1 unspecified atom stereocenters. The van der Waals surface area contributed by atoms with Crippen molar-refractivity contribution in [2.75, 3.05) is 13.2 Å².